The molecule has 9 heteroatoms. The van der Waals surface area contributed by atoms with Crippen LogP contribution in [0.3, 0.4) is 0 Å². The zero-order valence-electron chi connectivity index (χ0n) is 19.2. The maximum Gasteiger partial charge on any atom is 0.291 e. The van der Waals surface area contributed by atoms with Crippen LogP contribution in [0.5, 0.6) is 0 Å². The van der Waals surface area contributed by atoms with Gasteiger partial charge in [-0.05, 0) is 43.5 Å². The second kappa shape index (κ2) is 10.4. The highest BCUT2D eigenvalue weighted by molar-refractivity contribution is 7.92. The third-order valence-corrected chi connectivity index (χ3v) is 6.17. The first-order valence-corrected chi connectivity index (χ1v) is 12.5. The maximum atomic E-state index is 14.3. The Morgan fingerprint density at radius 3 is 2.15 bits per heavy atom. The molecule has 6 nitrogen and oxygen atoms in total. The predicted octanol–water partition coefficient (Wildman–Crippen LogP) is 5.21. The minimum atomic E-state index is -3.58. The van der Waals surface area contributed by atoms with Gasteiger partial charge in [0.2, 0.25) is 10.0 Å². The molecule has 2 unspecified atom stereocenters. The number of nitrogens with one attached hydrogen (secondary N) is 3. The van der Waals surface area contributed by atoms with E-state index in [4.69, 9.17) is 5.41 Å². The highest BCUT2D eigenvalue weighted by atomic mass is 32.2. The van der Waals surface area contributed by atoms with Crippen LogP contribution >= 0.6 is 0 Å². The molecule has 0 aromatic heterocycles. The van der Waals surface area contributed by atoms with Crippen LogP contribution in [0.1, 0.15) is 50.3 Å². The van der Waals surface area contributed by atoms with Crippen molar-refractivity contribution in [3.05, 3.63) is 71.3 Å². The van der Waals surface area contributed by atoms with Crippen LogP contribution < -0.4 is 10.0 Å². The number of benzene rings is 2. The second-order valence-corrected chi connectivity index (χ2v) is 9.61. The molecule has 2 aromatic carbocycles. The molecule has 2 rings (SSSR count). The van der Waals surface area contributed by atoms with Crippen molar-refractivity contribution in [1.29, 1.82) is 5.41 Å². The van der Waals surface area contributed by atoms with Crippen LogP contribution in [-0.2, 0) is 21.5 Å². The van der Waals surface area contributed by atoms with Crippen molar-refractivity contribution in [3.63, 3.8) is 0 Å². The Balaban J connectivity index is 2.61. The Morgan fingerprint density at radius 1 is 1.09 bits per heavy atom. The Bertz CT molecular complexity index is 1100. The largest absolute Gasteiger partial charge is 0.390 e. The minimum absolute atomic E-state index is 0.167. The van der Waals surface area contributed by atoms with E-state index in [9.17, 15) is 22.3 Å². The average molecular weight is 480 g/mol. The Labute approximate surface area is 194 Å². The van der Waals surface area contributed by atoms with Gasteiger partial charge in [0.15, 0.2) is 0 Å². The summed E-state index contributed by atoms with van der Waals surface area (Å²) in [6, 6.07) is 10.6. The lowest BCUT2D eigenvalue weighted by atomic mass is 9.79. The maximum absolute atomic E-state index is 14.3. The molecule has 0 radical (unpaired) electrons. The Hall–Kier alpha value is -2.78. The highest BCUT2D eigenvalue weighted by Crippen LogP contribution is 2.38. The molecule has 4 N–H and O–H groups in total. The fraction of sp³-hybridized carbons (Fsp3) is 0.375. The number of aliphatic hydroxyl groups excluding tert-OH is 1. The summed E-state index contributed by atoms with van der Waals surface area (Å²) in [7, 11) is -3.58. The number of hydrogen-bond acceptors (Lipinski definition) is 5. The van der Waals surface area contributed by atoms with Gasteiger partial charge in [-0.15, -0.1) is 0 Å². The van der Waals surface area contributed by atoms with Gasteiger partial charge >= 0.3 is 0 Å². The van der Waals surface area contributed by atoms with Gasteiger partial charge in [0.05, 0.1) is 23.6 Å². The molecule has 0 aliphatic rings. The molecule has 33 heavy (non-hydrogen) atoms. The van der Waals surface area contributed by atoms with Crippen LogP contribution in [-0.4, -0.2) is 32.1 Å². The van der Waals surface area contributed by atoms with Crippen LogP contribution in [0.2, 0.25) is 0 Å². The van der Waals surface area contributed by atoms with E-state index in [0.717, 1.165) is 18.5 Å². The van der Waals surface area contributed by atoms with E-state index >= 15 is 0 Å². The quantitative estimate of drug-likeness (QED) is 0.262. The molecule has 2 atom stereocenters. The van der Waals surface area contributed by atoms with Crippen LogP contribution in [0.15, 0.2) is 54.6 Å². The zero-order valence-corrected chi connectivity index (χ0v) is 20.0. The molecular formula is C24H31F2N3O3S. The SMILES string of the molecule is C/C=C/C(F)(F)c1ccc(C(CC)(Nc2cccc(NS(C)(=O)=O)c2C=N)C(O)CC)cc1. The summed E-state index contributed by atoms with van der Waals surface area (Å²) in [4.78, 5) is 0. The molecular weight excluding hydrogens is 448 g/mol. The van der Waals surface area contributed by atoms with Crippen molar-refractivity contribution in [2.75, 3.05) is 16.3 Å². The summed E-state index contributed by atoms with van der Waals surface area (Å²) in [5, 5.41) is 22.2. The summed E-state index contributed by atoms with van der Waals surface area (Å²) in [6.45, 7) is 5.20. The minimum Gasteiger partial charge on any atom is -0.390 e. The molecule has 0 amide bonds. The van der Waals surface area contributed by atoms with E-state index in [-0.39, 0.29) is 11.3 Å². The standard InChI is InChI=1S/C24H31F2N3O3S/c1-5-15-24(25,26)18-13-11-17(12-14-18)23(7-3,22(30)6-2)28-20-9-8-10-21(19(20)16-27)29-33(4,31)32/h5,8-16,22,27-30H,6-7H2,1-4H3/b15-5+,27-16?. The molecule has 0 spiro atoms. The van der Waals surface area contributed by atoms with Gasteiger partial charge in [0.1, 0.15) is 0 Å². The molecule has 2 aromatic rings. The molecule has 0 saturated carbocycles. The summed E-state index contributed by atoms with van der Waals surface area (Å²) < 4.78 is 54.4. The smallest absolute Gasteiger partial charge is 0.291 e. The predicted molar refractivity (Wildman–Crippen MR) is 130 cm³/mol. The van der Waals surface area contributed by atoms with E-state index in [1.807, 2.05) is 13.8 Å². The van der Waals surface area contributed by atoms with Gasteiger partial charge in [0, 0.05) is 23.0 Å². The van der Waals surface area contributed by atoms with Crippen molar-refractivity contribution in [2.45, 2.75) is 51.2 Å². The Kier molecular flexibility index (Phi) is 8.37. The molecule has 0 heterocycles. The summed E-state index contributed by atoms with van der Waals surface area (Å²) in [5.74, 6) is -3.11. The fourth-order valence-corrected chi connectivity index (χ4v) is 4.46. The number of aliphatic hydroxyl groups is 1. The van der Waals surface area contributed by atoms with E-state index in [1.165, 1.54) is 31.2 Å². The van der Waals surface area contributed by atoms with E-state index in [0.29, 0.717) is 29.7 Å². The van der Waals surface area contributed by atoms with Crippen molar-refractivity contribution < 1.29 is 22.3 Å². The van der Waals surface area contributed by atoms with Crippen molar-refractivity contribution in [1.82, 2.24) is 0 Å². The van der Waals surface area contributed by atoms with Gasteiger partial charge in [-0.2, -0.15) is 8.78 Å². The number of rotatable bonds is 11. The first-order chi connectivity index (χ1) is 15.4. The van der Waals surface area contributed by atoms with Crippen LogP contribution in [0, 0.1) is 5.41 Å². The molecule has 0 bridgehead atoms. The molecule has 0 aliphatic carbocycles. The summed E-state index contributed by atoms with van der Waals surface area (Å²) >= 11 is 0. The monoisotopic (exact) mass is 479 g/mol. The van der Waals surface area contributed by atoms with Crippen molar-refractivity contribution in [3.8, 4) is 0 Å². The Morgan fingerprint density at radius 2 is 1.67 bits per heavy atom. The second-order valence-electron chi connectivity index (χ2n) is 7.86. The van der Waals surface area contributed by atoms with Gasteiger partial charge in [-0.25, -0.2) is 8.42 Å². The number of allylic oxidation sites excluding steroid dienone is 2. The third kappa shape index (κ3) is 5.97. The summed E-state index contributed by atoms with van der Waals surface area (Å²) in [5.41, 5.74) is 0.299. The first-order valence-electron chi connectivity index (χ1n) is 10.6. The fourth-order valence-electron chi connectivity index (χ4n) is 3.88. The topological polar surface area (TPSA) is 102 Å². The summed E-state index contributed by atoms with van der Waals surface area (Å²) in [6.07, 6.45) is 4.04. The lowest BCUT2D eigenvalue weighted by Gasteiger charge is -2.40. The van der Waals surface area contributed by atoms with Crippen molar-refractivity contribution in [2.24, 2.45) is 0 Å². The van der Waals surface area contributed by atoms with Gasteiger partial charge in [-0.1, -0.05) is 50.3 Å². The number of hydrogen-bond donors (Lipinski definition) is 4. The number of alkyl halides is 2. The van der Waals surface area contributed by atoms with Crippen LogP contribution in [0.25, 0.3) is 0 Å². The van der Waals surface area contributed by atoms with Gasteiger partial charge in [-0.3, -0.25) is 4.72 Å². The lowest BCUT2D eigenvalue weighted by Crippen LogP contribution is -2.46. The number of anilines is 2. The molecule has 180 valence electrons. The van der Waals surface area contributed by atoms with Crippen molar-refractivity contribution >= 4 is 27.6 Å². The first kappa shape index (κ1) is 26.5. The molecule has 0 saturated heterocycles. The number of sulfonamides is 1. The highest BCUT2D eigenvalue weighted by Gasteiger charge is 2.38. The molecule has 0 aliphatic heterocycles. The van der Waals surface area contributed by atoms with Crippen LogP contribution in [0.4, 0.5) is 20.2 Å². The normalized spacial score (nSPS) is 15.1. The van der Waals surface area contributed by atoms with Gasteiger partial charge in [0.25, 0.3) is 5.92 Å². The van der Waals surface area contributed by atoms with E-state index in [2.05, 4.69) is 10.0 Å². The lowest BCUT2D eigenvalue weighted by molar-refractivity contribution is 0.0518. The van der Waals surface area contributed by atoms with E-state index < -0.39 is 27.6 Å². The average Bonchev–Trinajstić information content (AvgIpc) is 2.76. The van der Waals surface area contributed by atoms with Gasteiger partial charge < -0.3 is 15.8 Å². The van der Waals surface area contributed by atoms with E-state index in [1.54, 1.807) is 24.3 Å². The molecule has 0 fully saturated rings. The zero-order chi connectivity index (χ0) is 24.9. The third-order valence-electron chi connectivity index (χ3n) is 5.58. The number of halogens is 2.